The van der Waals surface area contributed by atoms with Crippen LogP contribution in [0.15, 0.2) is 23.1 Å². The number of allylic oxidation sites excluding steroid dienone is 4. The van der Waals surface area contributed by atoms with Crippen molar-refractivity contribution in [3.05, 3.63) is 33.3 Å². The van der Waals surface area contributed by atoms with E-state index in [0.29, 0.717) is 0 Å². The molecule has 1 rings (SSSR count). The summed E-state index contributed by atoms with van der Waals surface area (Å²) in [5.41, 5.74) is 4.01. The third-order valence-corrected chi connectivity index (χ3v) is 2.68. The van der Waals surface area contributed by atoms with Crippen molar-refractivity contribution in [3.63, 3.8) is 0 Å². The second kappa shape index (κ2) is 4.57. The monoisotopic (exact) mass is 190 g/mol. The maximum atomic E-state index is 2.24. The number of aryl methyl sites for hydroxylation is 1. The van der Waals surface area contributed by atoms with Crippen molar-refractivity contribution in [2.24, 2.45) is 0 Å². The molecule has 0 bridgehead atoms. The molecule has 13 heavy (non-hydrogen) atoms. The molecule has 0 aliphatic carbocycles. The zero-order chi connectivity index (χ0) is 9.84. The van der Waals surface area contributed by atoms with Crippen molar-refractivity contribution in [3.8, 4) is 0 Å². The summed E-state index contributed by atoms with van der Waals surface area (Å²) in [4.78, 5) is 0. The molecule has 1 aromatic rings. The summed E-state index contributed by atoms with van der Waals surface area (Å²) in [6.07, 6.45) is 4.38. The first kappa shape index (κ1) is 10.5. The Labute approximate surface area is 85.2 Å². The first-order valence-electron chi connectivity index (χ1n) is 4.50. The van der Waals surface area contributed by atoms with Crippen LogP contribution in [0.1, 0.15) is 31.0 Å². The van der Waals surface area contributed by atoms with Gasteiger partial charge in [-0.25, -0.2) is 0 Å². The van der Waals surface area contributed by atoms with Gasteiger partial charge >= 0.3 is 84.9 Å². The van der Waals surface area contributed by atoms with Crippen LogP contribution in [0.25, 0.3) is 5.57 Å². The van der Waals surface area contributed by atoms with Gasteiger partial charge in [0.2, 0.25) is 0 Å². The van der Waals surface area contributed by atoms with Gasteiger partial charge in [-0.2, -0.15) is 0 Å². The molecule has 1 aromatic heterocycles. The van der Waals surface area contributed by atoms with Crippen LogP contribution in [0, 0.1) is 6.92 Å². The first-order chi connectivity index (χ1) is 6.13. The number of hydrogen-bond acceptors (Lipinski definition) is 1. The van der Waals surface area contributed by atoms with Gasteiger partial charge in [0.25, 0.3) is 0 Å². The molecular formula is C11H15BS. The van der Waals surface area contributed by atoms with E-state index in [4.69, 9.17) is 0 Å². The van der Waals surface area contributed by atoms with Crippen LogP contribution in [0.3, 0.4) is 0 Å². The van der Waals surface area contributed by atoms with Crippen molar-refractivity contribution < 1.29 is 0 Å². The minimum atomic E-state index is 1.32. The Balaban J connectivity index is 2.99. The second-order valence-corrected chi connectivity index (χ2v) is 4.53. The molecule has 0 radical (unpaired) electrons. The van der Waals surface area contributed by atoms with Gasteiger partial charge in [-0.15, -0.1) is 0 Å². The fourth-order valence-electron chi connectivity index (χ4n) is 1.24. The molecule has 0 aliphatic rings. The van der Waals surface area contributed by atoms with Crippen molar-refractivity contribution in [2.45, 2.75) is 27.7 Å². The van der Waals surface area contributed by atoms with E-state index in [-0.39, 0.29) is 0 Å². The van der Waals surface area contributed by atoms with Crippen LogP contribution in [-0.4, -0.2) is 6.91 Å². The Bertz CT molecular complexity index is 341. The van der Waals surface area contributed by atoms with Gasteiger partial charge in [-0.3, -0.25) is 0 Å². The maximum absolute atomic E-state index is 2.24. The van der Waals surface area contributed by atoms with Crippen LogP contribution in [0.2, 0.25) is 0 Å². The summed E-state index contributed by atoms with van der Waals surface area (Å²) in [5.74, 6) is 0. The third kappa shape index (κ3) is 2.96. The molecular weight excluding hydrogens is 175 g/mol. The third-order valence-electron chi connectivity index (χ3n) is 1.82. The topological polar surface area (TPSA) is 0 Å². The normalized spacial score (nSPS) is 11.2. The van der Waals surface area contributed by atoms with Crippen molar-refractivity contribution in [1.29, 1.82) is 0 Å². The van der Waals surface area contributed by atoms with Gasteiger partial charge in [-0.05, 0) is 0 Å². The van der Waals surface area contributed by atoms with E-state index in [0.717, 1.165) is 0 Å². The molecule has 0 N–H and O–H groups in total. The zero-order valence-corrected chi connectivity index (χ0v) is 9.53. The first-order valence-corrected chi connectivity index (χ1v) is 5.38. The minimum absolute atomic E-state index is 1.32. The molecule has 0 unspecified atom stereocenters. The Morgan fingerprint density at radius 2 is 2.15 bits per heavy atom. The van der Waals surface area contributed by atoms with E-state index in [1.165, 1.54) is 21.4 Å². The van der Waals surface area contributed by atoms with Gasteiger partial charge in [0.1, 0.15) is 0 Å². The van der Waals surface area contributed by atoms with Crippen LogP contribution < -0.4 is 0 Å². The van der Waals surface area contributed by atoms with Crippen LogP contribution in [0.5, 0.6) is 0 Å². The summed E-state index contributed by atoms with van der Waals surface area (Å²) in [6.45, 7) is 10.7. The molecule has 0 atom stereocenters. The average Bonchev–Trinajstić information content (AvgIpc) is 2.47. The van der Waals surface area contributed by atoms with Crippen molar-refractivity contribution in [1.82, 2.24) is 0 Å². The van der Waals surface area contributed by atoms with E-state index >= 15 is 0 Å². The fourth-order valence-corrected chi connectivity index (χ4v) is 1.95. The second-order valence-electron chi connectivity index (χ2n) is 3.41. The SMILES string of the molecule is C/C=C(\C=C(C)C)c1bc(C)sc1. The molecule has 0 saturated heterocycles. The Morgan fingerprint density at radius 3 is 2.54 bits per heavy atom. The van der Waals surface area contributed by atoms with Gasteiger partial charge in [0.15, 0.2) is 0 Å². The molecule has 0 aromatic carbocycles. The molecule has 0 aliphatic heterocycles. The van der Waals surface area contributed by atoms with Crippen LogP contribution in [-0.2, 0) is 0 Å². The summed E-state index contributed by atoms with van der Waals surface area (Å²) >= 11 is 1.81. The number of hydrogen-bond donors (Lipinski definition) is 0. The van der Waals surface area contributed by atoms with Crippen molar-refractivity contribution >= 4 is 23.8 Å². The van der Waals surface area contributed by atoms with E-state index < -0.39 is 0 Å². The Hall–Kier alpha value is -0.625. The van der Waals surface area contributed by atoms with E-state index in [9.17, 15) is 0 Å². The summed E-state index contributed by atoms with van der Waals surface area (Å²) in [5, 5.41) is 2.21. The van der Waals surface area contributed by atoms with Gasteiger partial charge in [0.05, 0.1) is 0 Å². The predicted octanol–water partition coefficient (Wildman–Crippen LogP) is 3.76. The zero-order valence-electron chi connectivity index (χ0n) is 8.72. The molecule has 1 heterocycles. The standard InChI is InChI=1S/C11H15BS/c1-5-10(6-8(2)3)11-7-13-9(4)12-11/h5-7H,1-4H3/b10-5+. The molecule has 2 heteroatoms. The predicted molar refractivity (Wildman–Crippen MR) is 63.5 cm³/mol. The van der Waals surface area contributed by atoms with Gasteiger partial charge in [-0.1, -0.05) is 0 Å². The summed E-state index contributed by atoms with van der Waals surface area (Å²) in [7, 11) is 0. The Kier molecular flexibility index (Phi) is 3.67. The molecule has 0 nitrogen and oxygen atoms in total. The van der Waals surface area contributed by atoms with E-state index in [1.807, 2.05) is 0 Å². The quantitative estimate of drug-likeness (QED) is 0.622. The summed E-state index contributed by atoms with van der Waals surface area (Å²) in [6, 6.07) is 0. The van der Waals surface area contributed by atoms with Gasteiger partial charge < -0.3 is 0 Å². The molecule has 0 amide bonds. The number of rotatable bonds is 2. The fraction of sp³-hybridized carbons (Fsp3) is 0.364. The van der Waals surface area contributed by atoms with Crippen molar-refractivity contribution in [2.75, 3.05) is 0 Å². The molecule has 0 saturated carbocycles. The van der Waals surface area contributed by atoms with Gasteiger partial charge in [0, 0.05) is 0 Å². The molecule has 0 fully saturated rings. The summed E-state index contributed by atoms with van der Waals surface area (Å²) < 4.78 is 1.37. The van der Waals surface area contributed by atoms with Crippen LogP contribution in [0.4, 0.5) is 0 Å². The van der Waals surface area contributed by atoms with E-state index in [1.54, 1.807) is 11.3 Å². The average molecular weight is 190 g/mol. The molecule has 0 spiro atoms. The van der Waals surface area contributed by atoms with E-state index in [2.05, 4.69) is 52.1 Å². The molecule has 68 valence electrons. The Morgan fingerprint density at radius 1 is 1.46 bits per heavy atom. The van der Waals surface area contributed by atoms with Crippen LogP contribution >= 0.6 is 11.3 Å².